The summed E-state index contributed by atoms with van der Waals surface area (Å²) in [6.07, 6.45) is -0.159. The van der Waals surface area contributed by atoms with E-state index >= 15 is 0 Å². The van der Waals surface area contributed by atoms with Crippen LogP contribution in [0.3, 0.4) is 0 Å². The number of hydrogen-bond donors (Lipinski definition) is 1. The van der Waals surface area contributed by atoms with Gasteiger partial charge in [0.1, 0.15) is 11.5 Å². The molecule has 4 nitrogen and oxygen atoms in total. The molecule has 0 radical (unpaired) electrons. The first-order valence-electron chi connectivity index (χ1n) is 7.40. The molecule has 24 heavy (non-hydrogen) atoms. The monoisotopic (exact) mass is 336 g/mol. The Bertz CT molecular complexity index is 727. The number of benzene rings is 1. The summed E-state index contributed by atoms with van der Waals surface area (Å²) in [5.41, 5.74) is 2.02. The number of halogens is 3. The van der Waals surface area contributed by atoms with Gasteiger partial charge in [-0.25, -0.2) is 4.98 Å². The second-order valence-corrected chi connectivity index (χ2v) is 5.16. The molecule has 1 aliphatic rings. The highest BCUT2D eigenvalue weighted by atomic mass is 19.4. The lowest BCUT2D eigenvalue weighted by molar-refractivity contribution is -0.274. The van der Waals surface area contributed by atoms with Gasteiger partial charge in [-0.15, -0.1) is 13.2 Å². The highest BCUT2D eigenvalue weighted by molar-refractivity contribution is 5.70. The Hall–Kier alpha value is -2.54. The number of aromatic nitrogens is 1. The van der Waals surface area contributed by atoms with Crippen molar-refractivity contribution in [1.82, 2.24) is 10.3 Å². The number of hydrogen-bond acceptors (Lipinski definition) is 4. The molecule has 0 unspecified atom stereocenters. The van der Waals surface area contributed by atoms with Crippen molar-refractivity contribution in [3.8, 4) is 17.4 Å². The summed E-state index contributed by atoms with van der Waals surface area (Å²) in [5, 5.41) is 3.24. The molecule has 0 saturated carbocycles. The smallest absolute Gasteiger partial charge is 0.438 e. The van der Waals surface area contributed by atoms with Crippen LogP contribution in [0.2, 0.25) is 0 Å². The number of nitrogens with zero attached hydrogens (tertiary/aromatic N) is 1. The molecule has 7 heteroatoms. The molecule has 2 aromatic rings. The van der Waals surface area contributed by atoms with Crippen LogP contribution < -0.4 is 14.8 Å². The van der Waals surface area contributed by atoms with Crippen LogP contribution in [0.5, 0.6) is 17.4 Å². The maximum absolute atomic E-state index is 12.2. The molecular weight excluding hydrogens is 321 g/mol. The zero-order valence-electron chi connectivity index (χ0n) is 12.6. The first-order chi connectivity index (χ1) is 11.5. The van der Waals surface area contributed by atoms with E-state index in [4.69, 9.17) is 4.74 Å². The molecule has 126 valence electrons. The molecule has 1 aromatic carbocycles. The van der Waals surface area contributed by atoms with E-state index < -0.39 is 6.36 Å². The van der Waals surface area contributed by atoms with E-state index in [-0.39, 0.29) is 5.75 Å². The van der Waals surface area contributed by atoms with Crippen molar-refractivity contribution >= 4 is 5.57 Å². The fraction of sp³-hybridized carbons (Fsp3) is 0.235. The minimum absolute atomic E-state index is 0.294. The van der Waals surface area contributed by atoms with Gasteiger partial charge in [0.15, 0.2) is 0 Å². The molecule has 2 heterocycles. The quantitative estimate of drug-likeness (QED) is 0.911. The van der Waals surface area contributed by atoms with E-state index in [2.05, 4.69) is 21.1 Å². The normalized spacial score (nSPS) is 14.9. The fourth-order valence-corrected chi connectivity index (χ4v) is 2.40. The summed E-state index contributed by atoms with van der Waals surface area (Å²) in [6, 6.07) is 8.98. The zero-order valence-corrected chi connectivity index (χ0v) is 12.6. The molecule has 1 aromatic heterocycles. The summed E-state index contributed by atoms with van der Waals surface area (Å²) in [4.78, 5) is 4.24. The summed E-state index contributed by atoms with van der Waals surface area (Å²) in [5.74, 6) is 0.520. The van der Waals surface area contributed by atoms with Gasteiger partial charge >= 0.3 is 6.36 Å². The van der Waals surface area contributed by atoms with Gasteiger partial charge in [-0.3, -0.25) is 0 Å². The average molecular weight is 336 g/mol. The van der Waals surface area contributed by atoms with Gasteiger partial charge in [0, 0.05) is 18.3 Å². The molecule has 0 spiro atoms. The summed E-state index contributed by atoms with van der Waals surface area (Å²) in [7, 11) is 0. The molecule has 1 aliphatic heterocycles. The minimum atomic E-state index is -4.71. The van der Waals surface area contributed by atoms with E-state index in [0.29, 0.717) is 11.6 Å². The lowest BCUT2D eigenvalue weighted by Gasteiger charge is -2.17. The number of nitrogens with one attached hydrogen (secondary N) is 1. The van der Waals surface area contributed by atoms with Gasteiger partial charge in [0.25, 0.3) is 0 Å². The standard InChI is InChI=1S/C17H15F3N2O2/c18-17(19,20)24-14-5-3-13(4-6-14)23-16-15(2-1-9-22-16)12-7-10-21-11-8-12/h1-7,9,21H,8,10-11H2. The van der Waals surface area contributed by atoms with Crippen LogP contribution >= 0.6 is 0 Å². The van der Waals surface area contributed by atoms with E-state index in [0.717, 1.165) is 30.6 Å². The summed E-state index contributed by atoms with van der Waals surface area (Å²) < 4.78 is 46.1. The fourth-order valence-electron chi connectivity index (χ4n) is 2.40. The number of pyridine rings is 1. The van der Waals surface area contributed by atoms with E-state index in [9.17, 15) is 13.2 Å². The first-order valence-corrected chi connectivity index (χ1v) is 7.40. The van der Waals surface area contributed by atoms with Crippen molar-refractivity contribution in [3.05, 3.63) is 54.2 Å². The second-order valence-electron chi connectivity index (χ2n) is 5.16. The van der Waals surface area contributed by atoms with Crippen LogP contribution in [0, 0.1) is 0 Å². The van der Waals surface area contributed by atoms with Crippen molar-refractivity contribution < 1.29 is 22.6 Å². The third-order valence-electron chi connectivity index (χ3n) is 3.45. The Morgan fingerprint density at radius 3 is 2.46 bits per heavy atom. The number of rotatable bonds is 4. The van der Waals surface area contributed by atoms with Gasteiger partial charge in [-0.05, 0) is 54.9 Å². The zero-order chi connectivity index (χ0) is 17.0. The van der Waals surface area contributed by atoms with Gasteiger partial charge in [-0.2, -0.15) is 0 Å². The summed E-state index contributed by atoms with van der Waals surface area (Å²) in [6.45, 7) is 1.66. The molecule has 0 fully saturated rings. The van der Waals surface area contributed by atoms with Crippen LogP contribution in [0.1, 0.15) is 12.0 Å². The van der Waals surface area contributed by atoms with Crippen LogP contribution in [-0.4, -0.2) is 24.4 Å². The Labute approximate surface area is 136 Å². The van der Waals surface area contributed by atoms with Gasteiger partial charge in [0.05, 0.1) is 0 Å². The van der Waals surface area contributed by atoms with Crippen LogP contribution in [0.15, 0.2) is 48.7 Å². The molecule has 0 aliphatic carbocycles. The largest absolute Gasteiger partial charge is 0.573 e. The van der Waals surface area contributed by atoms with Crippen molar-refractivity contribution in [2.45, 2.75) is 12.8 Å². The van der Waals surface area contributed by atoms with Crippen molar-refractivity contribution in [3.63, 3.8) is 0 Å². The average Bonchev–Trinajstić information content (AvgIpc) is 2.57. The molecule has 0 saturated heterocycles. The molecular formula is C17H15F3N2O2. The highest BCUT2D eigenvalue weighted by Crippen LogP contribution is 2.31. The second kappa shape index (κ2) is 6.92. The number of alkyl halides is 3. The maximum atomic E-state index is 12.2. The Morgan fingerprint density at radius 1 is 1.04 bits per heavy atom. The predicted molar refractivity (Wildman–Crippen MR) is 82.9 cm³/mol. The third kappa shape index (κ3) is 4.26. The lowest BCUT2D eigenvalue weighted by atomic mass is 10.0. The van der Waals surface area contributed by atoms with Crippen LogP contribution in [-0.2, 0) is 0 Å². The molecule has 0 bridgehead atoms. The molecule has 1 N–H and O–H groups in total. The molecule has 0 amide bonds. The number of ether oxygens (including phenoxy) is 2. The van der Waals surface area contributed by atoms with E-state index in [1.807, 2.05) is 12.1 Å². The topological polar surface area (TPSA) is 43.4 Å². The van der Waals surface area contributed by atoms with Gasteiger partial charge < -0.3 is 14.8 Å². The van der Waals surface area contributed by atoms with Gasteiger partial charge in [-0.1, -0.05) is 6.08 Å². The van der Waals surface area contributed by atoms with Crippen molar-refractivity contribution in [2.24, 2.45) is 0 Å². The Balaban J connectivity index is 1.78. The summed E-state index contributed by atoms with van der Waals surface area (Å²) >= 11 is 0. The van der Waals surface area contributed by atoms with Gasteiger partial charge in [0.2, 0.25) is 5.88 Å². The third-order valence-corrected chi connectivity index (χ3v) is 3.45. The Kier molecular flexibility index (Phi) is 4.71. The predicted octanol–water partition coefficient (Wildman–Crippen LogP) is 4.15. The Morgan fingerprint density at radius 2 is 1.79 bits per heavy atom. The SMILES string of the molecule is FC(F)(F)Oc1ccc(Oc2ncccc2C2=CCNCC2)cc1. The van der Waals surface area contributed by atoms with E-state index in [1.165, 1.54) is 24.3 Å². The molecule has 0 atom stereocenters. The van der Waals surface area contributed by atoms with E-state index in [1.54, 1.807) is 6.20 Å². The van der Waals surface area contributed by atoms with Crippen LogP contribution in [0.4, 0.5) is 13.2 Å². The van der Waals surface area contributed by atoms with Crippen molar-refractivity contribution in [1.29, 1.82) is 0 Å². The van der Waals surface area contributed by atoms with Crippen molar-refractivity contribution in [2.75, 3.05) is 13.1 Å². The maximum Gasteiger partial charge on any atom is 0.573 e. The van der Waals surface area contributed by atoms with Crippen LogP contribution in [0.25, 0.3) is 5.57 Å². The highest BCUT2D eigenvalue weighted by Gasteiger charge is 2.31. The lowest BCUT2D eigenvalue weighted by Crippen LogP contribution is -2.20. The first kappa shape index (κ1) is 16.3. The molecule has 3 rings (SSSR count). The minimum Gasteiger partial charge on any atom is -0.438 e.